The van der Waals surface area contributed by atoms with Gasteiger partial charge in [-0.05, 0) is 31.0 Å². The lowest BCUT2D eigenvalue weighted by Gasteiger charge is -2.31. The average molecular weight is 299 g/mol. The van der Waals surface area contributed by atoms with Crippen molar-refractivity contribution in [2.24, 2.45) is 5.92 Å². The molecule has 1 aliphatic rings. The van der Waals surface area contributed by atoms with Gasteiger partial charge in [-0.25, -0.2) is 15.0 Å². The fraction of sp³-hybridized carbons (Fsp3) is 0.333. The molecule has 2 N–H and O–H groups in total. The number of nitrogens with zero attached hydrogens (tertiary/aromatic N) is 4. The van der Waals surface area contributed by atoms with E-state index in [4.69, 9.17) is 0 Å². The average Bonchev–Trinajstić information content (AvgIpc) is 2.58. The molecule has 0 bridgehead atoms. The molecule has 1 fully saturated rings. The van der Waals surface area contributed by atoms with E-state index < -0.39 is 0 Å². The molecule has 3 heterocycles. The number of nitrogens with one attached hydrogen (secondary N) is 1. The number of carbonyl (C=O) groups is 1. The minimum absolute atomic E-state index is 0.0325. The SMILES string of the molecule is O=C(Nc1ncccc1O)[C@@H]1CCCN(c2ncccn2)C1. The van der Waals surface area contributed by atoms with E-state index in [2.05, 4.69) is 20.3 Å². The van der Waals surface area contributed by atoms with Crippen LogP contribution in [0.1, 0.15) is 12.8 Å². The first-order valence-corrected chi connectivity index (χ1v) is 7.21. The molecule has 0 saturated carbocycles. The van der Waals surface area contributed by atoms with Gasteiger partial charge in [-0.15, -0.1) is 0 Å². The van der Waals surface area contributed by atoms with E-state index in [1.165, 1.54) is 12.3 Å². The van der Waals surface area contributed by atoms with Crippen LogP contribution in [-0.2, 0) is 4.79 Å². The van der Waals surface area contributed by atoms with Gasteiger partial charge in [-0.2, -0.15) is 0 Å². The van der Waals surface area contributed by atoms with Crippen LogP contribution in [0.25, 0.3) is 0 Å². The predicted molar refractivity (Wildman–Crippen MR) is 81.5 cm³/mol. The summed E-state index contributed by atoms with van der Waals surface area (Å²) < 4.78 is 0. The Labute approximate surface area is 128 Å². The highest BCUT2D eigenvalue weighted by Gasteiger charge is 2.27. The quantitative estimate of drug-likeness (QED) is 0.891. The predicted octanol–water partition coefficient (Wildman–Crippen LogP) is 1.43. The lowest BCUT2D eigenvalue weighted by atomic mass is 9.97. The van der Waals surface area contributed by atoms with Crippen molar-refractivity contribution < 1.29 is 9.90 Å². The fourth-order valence-electron chi connectivity index (χ4n) is 2.54. The normalized spacial score (nSPS) is 18.0. The second-order valence-electron chi connectivity index (χ2n) is 5.19. The van der Waals surface area contributed by atoms with E-state index >= 15 is 0 Å². The number of pyridine rings is 1. The Morgan fingerprint density at radius 1 is 1.23 bits per heavy atom. The zero-order valence-electron chi connectivity index (χ0n) is 12.0. The molecule has 7 nitrogen and oxygen atoms in total. The first kappa shape index (κ1) is 14.2. The summed E-state index contributed by atoms with van der Waals surface area (Å²) in [6.45, 7) is 1.39. The number of hydrogen-bond acceptors (Lipinski definition) is 6. The summed E-state index contributed by atoms with van der Waals surface area (Å²) in [6.07, 6.45) is 6.60. The molecule has 2 aromatic heterocycles. The van der Waals surface area contributed by atoms with E-state index in [-0.39, 0.29) is 23.4 Å². The van der Waals surface area contributed by atoms with Gasteiger partial charge in [0.25, 0.3) is 0 Å². The Hall–Kier alpha value is -2.70. The topological polar surface area (TPSA) is 91.2 Å². The standard InChI is InChI=1S/C15H17N5O2/c21-12-5-1-6-16-13(12)19-14(22)11-4-2-9-20(10-11)15-17-7-3-8-18-15/h1,3,5-8,11,21H,2,4,9-10H2,(H,16,19,22)/t11-/m1/s1. The number of aromatic hydroxyl groups is 1. The van der Waals surface area contributed by atoms with Gasteiger partial charge in [0.15, 0.2) is 11.6 Å². The second kappa shape index (κ2) is 6.38. The highest BCUT2D eigenvalue weighted by Crippen LogP contribution is 2.23. The summed E-state index contributed by atoms with van der Waals surface area (Å²) in [5.41, 5.74) is 0. The molecule has 114 valence electrons. The minimum Gasteiger partial charge on any atom is -0.504 e. The monoisotopic (exact) mass is 299 g/mol. The van der Waals surface area contributed by atoms with Gasteiger partial charge in [0, 0.05) is 31.7 Å². The molecule has 0 aromatic carbocycles. The summed E-state index contributed by atoms with van der Waals surface area (Å²) in [5.74, 6) is 0.477. The molecule has 22 heavy (non-hydrogen) atoms. The molecule has 1 atom stereocenters. The zero-order valence-corrected chi connectivity index (χ0v) is 12.0. The number of piperidine rings is 1. The van der Waals surface area contributed by atoms with Gasteiger partial charge < -0.3 is 15.3 Å². The Bertz CT molecular complexity index is 649. The Morgan fingerprint density at radius 3 is 2.77 bits per heavy atom. The maximum atomic E-state index is 12.4. The summed E-state index contributed by atoms with van der Waals surface area (Å²) >= 11 is 0. The minimum atomic E-state index is -0.182. The molecule has 0 spiro atoms. The van der Waals surface area contributed by atoms with Crippen LogP contribution in [-0.4, -0.2) is 39.1 Å². The van der Waals surface area contributed by atoms with Crippen LogP contribution in [0.15, 0.2) is 36.8 Å². The molecular formula is C15H17N5O2. The molecule has 0 aliphatic carbocycles. The lowest BCUT2D eigenvalue weighted by Crippen LogP contribution is -2.41. The van der Waals surface area contributed by atoms with Crippen LogP contribution >= 0.6 is 0 Å². The van der Waals surface area contributed by atoms with Crippen LogP contribution in [0, 0.1) is 5.92 Å². The number of rotatable bonds is 3. The van der Waals surface area contributed by atoms with Crippen molar-refractivity contribution >= 4 is 17.7 Å². The van der Waals surface area contributed by atoms with Gasteiger partial charge in [0.2, 0.25) is 11.9 Å². The van der Waals surface area contributed by atoms with Gasteiger partial charge >= 0.3 is 0 Å². The molecule has 3 rings (SSSR count). The van der Waals surface area contributed by atoms with Gasteiger partial charge in [0.05, 0.1) is 5.92 Å². The maximum absolute atomic E-state index is 12.4. The van der Waals surface area contributed by atoms with Crippen LogP contribution in [0.3, 0.4) is 0 Å². The summed E-state index contributed by atoms with van der Waals surface area (Å²) in [7, 11) is 0. The zero-order chi connectivity index (χ0) is 15.4. The van der Waals surface area contributed by atoms with Crippen LogP contribution in [0.4, 0.5) is 11.8 Å². The van der Waals surface area contributed by atoms with Gasteiger partial charge in [-0.3, -0.25) is 4.79 Å². The molecule has 1 aliphatic heterocycles. The molecule has 1 saturated heterocycles. The van der Waals surface area contributed by atoms with E-state index in [1.54, 1.807) is 24.5 Å². The van der Waals surface area contributed by atoms with Crippen LogP contribution in [0.5, 0.6) is 5.75 Å². The number of aromatic nitrogens is 3. The van der Waals surface area contributed by atoms with Crippen LogP contribution < -0.4 is 10.2 Å². The van der Waals surface area contributed by atoms with Crippen molar-refractivity contribution in [3.05, 3.63) is 36.8 Å². The van der Waals surface area contributed by atoms with Crippen molar-refractivity contribution in [1.82, 2.24) is 15.0 Å². The van der Waals surface area contributed by atoms with E-state index in [1.807, 2.05) is 4.90 Å². The van der Waals surface area contributed by atoms with Crippen molar-refractivity contribution in [2.75, 3.05) is 23.3 Å². The molecule has 2 aromatic rings. The third-order valence-corrected chi connectivity index (χ3v) is 3.66. The molecule has 0 unspecified atom stereocenters. The highest BCUT2D eigenvalue weighted by molar-refractivity contribution is 5.93. The second-order valence-corrected chi connectivity index (χ2v) is 5.19. The summed E-state index contributed by atoms with van der Waals surface area (Å²) in [6, 6.07) is 4.87. The first-order chi connectivity index (χ1) is 10.7. The number of amides is 1. The Balaban J connectivity index is 1.67. The number of hydrogen-bond donors (Lipinski definition) is 2. The molecule has 1 amide bonds. The van der Waals surface area contributed by atoms with E-state index in [9.17, 15) is 9.90 Å². The Morgan fingerprint density at radius 2 is 2.00 bits per heavy atom. The number of anilines is 2. The van der Waals surface area contributed by atoms with Crippen LogP contribution in [0.2, 0.25) is 0 Å². The number of carbonyl (C=O) groups excluding carboxylic acids is 1. The fourth-order valence-corrected chi connectivity index (χ4v) is 2.54. The van der Waals surface area contributed by atoms with Crippen molar-refractivity contribution in [3.63, 3.8) is 0 Å². The lowest BCUT2D eigenvalue weighted by molar-refractivity contribution is -0.120. The van der Waals surface area contributed by atoms with Crippen molar-refractivity contribution in [2.45, 2.75) is 12.8 Å². The van der Waals surface area contributed by atoms with E-state index in [0.29, 0.717) is 12.5 Å². The molecular weight excluding hydrogens is 282 g/mol. The first-order valence-electron chi connectivity index (χ1n) is 7.21. The molecule has 7 heteroatoms. The highest BCUT2D eigenvalue weighted by atomic mass is 16.3. The van der Waals surface area contributed by atoms with Gasteiger partial charge in [0.1, 0.15) is 0 Å². The smallest absolute Gasteiger partial charge is 0.230 e. The Kier molecular flexibility index (Phi) is 4.13. The molecule has 0 radical (unpaired) electrons. The van der Waals surface area contributed by atoms with Crippen molar-refractivity contribution in [1.29, 1.82) is 0 Å². The van der Waals surface area contributed by atoms with E-state index in [0.717, 1.165) is 19.4 Å². The summed E-state index contributed by atoms with van der Waals surface area (Å²) in [5, 5.41) is 12.4. The maximum Gasteiger partial charge on any atom is 0.230 e. The largest absolute Gasteiger partial charge is 0.504 e. The van der Waals surface area contributed by atoms with Crippen molar-refractivity contribution in [3.8, 4) is 5.75 Å². The third kappa shape index (κ3) is 3.13. The third-order valence-electron chi connectivity index (χ3n) is 3.66. The summed E-state index contributed by atoms with van der Waals surface area (Å²) in [4.78, 5) is 26.8. The van der Waals surface area contributed by atoms with Gasteiger partial charge in [-0.1, -0.05) is 0 Å².